The fraction of sp³-hybridized carbons (Fsp3) is 0.929. The number of carbonyl (C=O) groups is 1. The molecule has 0 spiro atoms. The van der Waals surface area contributed by atoms with Crippen molar-refractivity contribution in [3.8, 4) is 0 Å². The first-order chi connectivity index (χ1) is 8.75. The van der Waals surface area contributed by atoms with E-state index in [9.17, 15) is 4.79 Å². The van der Waals surface area contributed by atoms with Gasteiger partial charge in [-0.2, -0.15) is 0 Å². The lowest BCUT2D eigenvalue weighted by molar-refractivity contribution is -0.137. The van der Waals surface area contributed by atoms with Crippen molar-refractivity contribution >= 4 is 5.97 Å². The molecule has 0 bridgehead atoms. The maximum atomic E-state index is 10.8. The highest BCUT2D eigenvalue weighted by atomic mass is 16.4. The summed E-state index contributed by atoms with van der Waals surface area (Å²) in [5.41, 5.74) is 0. The molecule has 1 N–H and O–H groups in total. The molecule has 2 saturated heterocycles. The van der Waals surface area contributed by atoms with Gasteiger partial charge in [-0.15, -0.1) is 0 Å². The summed E-state index contributed by atoms with van der Waals surface area (Å²) < 4.78 is 0. The number of rotatable bonds is 5. The summed E-state index contributed by atoms with van der Waals surface area (Å²) >= 11 is 0. The smallest absolute Gasteiger partial charge is 0.304 e. The van der Waals surface area contributed by atoms with Crippen molar-refractivity contribution in [3.05, 3.63) is 0 Å². The monoisotopic (exact) mass is 252 g/mol. The van der Waals surface area contributed by atoms with Crippen LogP contribution in [0, 0.1) is 0 Å². The Morgan fingerprint density at radius 2 is 2.00 bits per heavy atom. The van der Waals surface area contributed by atoms with Crippen LogP contribution >= 0.6 is 0 Å². The van der Waals surface area contributed by atoms with Gasteiger partial charge in [-0.1, -0.05) is 6.42 Å². The van der Waals surface area contributed by atoms with Gasteiger partial charge in [0.15, 0.2) is 0 Å². The number of carboxylic acids is 1. The van der Waals surface area contributed by atoms with E-state index in [4.69, 9.17) is 5.11 Å². The number of fused-ring (bicyclic) bond motifs is 1. The highest BCUT2D eigenvalue weighted by Gasteiger charge is 2.43. The van der Waals surface area contributed by atoms with Crippen LogP contribution in [0.25, 0.3) is 0 Å². The minimum absolute atomic E-state index is 0.305. The van der Waals surface area contributed by atoms with E-state index in [2.05, 4.69) is 9.80 Å². The Balaban J connectivity index is 1.64. The zero-order valence-electron chi connectivity index (χ0n) is 11.1. The highest BCUT2D eigenvalue weighted by Crippen LogP contribution is 2.36. The van der Waals surface area contributed by atoms with E-state index < -0.39 is 5.97 Å². The molecule has 4 heteroatoms. The third kappa shape index (κ3) is 2.54. The average molecular weight is 252 g/mol. The molecule has 2 aliphatic heterocycles. The molecule has 0 aromatic carbocycles. The number of carboxylic acid groups (broad SMARTS) is 1. The Morgan fingerprint density at radius 1 is 1.17 bits per heavy atom. The summed E-state index contributed by atoms with van der Waals surface area (Å²) in [5.74, 6) is -0.654. The minimum atomic E-state index is -0.654. The summed E-state index contributed by atoms with van der Waals surface area (Å²) in [5, 5.41) is 8.90. The predicted molar refractivity (Wildman–Crippen MR) is 69.6 cm³/mol. The van der Waals surface area contributed by atoms with Crippen molar-refractivity contribution in [1.82, 2.24) is 9.80 Å². The first kappa shape index (κ1) is 12.4. The fourth-order valence-corrected chi connectivity index (χ4v) is 3.86. The van der Waals surface area contributed by atoms with E-state index in [0.717, 1.165) is 6.54 Å². The Morgan fingerprint density at radius 3 is 2.72 bits per heavy atom. The maximum absolute atomic E-state index is 10.8. The van der Waals surface area contributed by atoms with Gasteiger partial charge < -0.3 is 5.11 Å². The van der Waals surface area contributed by atoms with Crippen LogP contribution in [-0.2, 0) is 4.79 Å². The number of aliphatic carboxylic acids is 1. The molecule has 2 atom stereocenters. The van der Waals surface area contributed by atoms with Crippen molar-refractivity contribution < 1.29 is 9.90 Å². The lowest BCUT2D eigenvalue weighted by Crippen LogP contribution is -2.48. The molecule has 2 unspecified atom stereocenters. The lowest BCUT2D eigenvalue weighted by atomic mass is 9.97. The second-order valence-electron chi connectivity index (χ2n) is 6.07. The van der Waals surface area contributed by atoms with E-state index in [1.165, 1.54) is 51.6 Å². The molecule has 1 saturated carbocycles. The molecule has 4 nitrogen and oxygen atoms in total. The van der Waals surface area contributed by atoms with Crippen LogP contribution in [0.2, 0.25) is 0 Å². The van der Waals surface area contributed by atoms with Crippen molar-refractivity contribution in [2.75, 3.05) is 19.6 Å². The van der Waals surface area contributed by atoms with Gasteiger partial charge in [-0.05, 0) is 38.6 Å². The predicted octanol–water partition coefficient (Wildman–Crippen LogP) is 1.55. The summed E-state index contributed by atoms with van der Waals surface area (Å²) in [6.45, 7) is 3.25. The van der Waals surface area contributed by atoms with Gasteiger partial charge in [0.25, 0.3) is 0 Å². The number of hydrogen-bond acceptors (Lipinski definition) is 3. The summed E-state index contributed by atoms with van der Waals surface area (Å²) in [7, 11) is 0. The molecule has 102 valence electrons. The summed E-state index contributed by atoms with van der Waals surface area (Å²) in [4.78, 5) is 16.0. The van der Waals surface area contributed by atoms with E-state index in [0.29, 0.717) is 24.5 Å². The van der Waals surface area contributed by atoms with Crippen molar-refractivity contribution in [3.63, 3.8) is 0 Å². The SMILES string of the molecule is O=C(O)CCN(C1CC1)C1CCN2CCCCC12. The van der Waals surface area contributed by atoms with E-state index in [1.54, 1.807) is 0 Å². The van der Waals surface area contributed by atoms with E-state index in [-0.39, 0.29) is 0 Å². The molecule has 0 aromatic heterocycles. The molecule has 18 heavy (non-hydrogen) atoms. The van der Waals surface area contributed by atoms with Gasteiger partial charge in [-0.3, -0.25) is 14.6 Å². The van der Waals surface area contributed by atoms with Crippen molar-refractivity contribution in [1.29, 1.82) is 0 Å². The zero-order chi connectivity index (χ0) is 12.5. The minimum Gasteiger partial charge on any atom is -0.481 e. The maximum Gasteiger partial charge on any atom is 0.304 e. The molecule has 0 radical (unpaired) electrons. The lowest BCUT2D eigenvalue weighted by Gasteiger charge is -2.38. The zero-order valence-corrected chi connectivity index (χ0v) is 11.1. The second-order valence-corrected chi connectivity index (χ2v) is 6.07. The van der Waals surface area contributed by atoms with Crippen molar-refractivity contribution in [2.24, 2.45) is 0 Å². The van der Waals surface area contributed by atoms with Gasteiger partial charge in [0.1, 0.15) is 0 Å². The van der Waals surface area contributed by atoms with Crippen LogP contribution in [0.3, 0.4) is 0 Å². The molecule has 3 fully saturated rings. The van der Waals surface area contributed by atoms with Gasteiger partial charge in [-0.25, -0.2) is 0 Å². The highest BCUT2D eigenvalue weighted by molar-refractivity contribution is 5.66. The van der Waals surface area contributed by atoms with E-state index >= 15 is 0 Å². The van der Waals surface area contributed by atoms with Gasteiger partial charge in [0.05, 0.1) is 6.42 Å². The Hall–Kier alpha value is -0.610. The molecule has 0 amide bonds. The van der Waals surface area contributed by atoms with Crippen LogP contribution in [0.15, 0.2) is 0 Å². The molecular weight excluding hydrogens is 228 g/mol. The summed E-state index contributed by atoms with van der Waals surface area (Å²) in [6, 6.07) is 2.04. The molecular formula is C14H24N2O2. The average Bonchev–Trinajstić information content (AvgIpc) is 3.10. The quantitative estimate of drug-likeness (QED) is 0.806. The van der Waals surface area contributed by atoms with E-state index in [1.807, 2.05) is 0 Å². The van der Waals surface area contributed by atoms with Gasteiger partial charge >= 0.3 is 5.97 Å². The Labute approximate surface area is 109 Å². The third-order valence-electron chi connectivity index (χ3n) is 4.85. The molecule has 1 aliphatic carbocycles. The molecule has 0 aromatic rings. The number of piperidine rings is 1. The third-order valence-corrected chi connectivity index (χ3v) is 4.85. The topological polar surface area (TPSA) is 43.8 Å². The molecule has 3 aliphatic rings. The largest absolute Gasteiger partial charge is 0.481 e. The molecule has 3 rings (SSSR count). The van der Waals surface area contributed by atoms with Crippen LogP contribution in [0.1, 0.15) is 44.9 Å². The summed E-state index contributed by atoms with van der Waals surface area (Å²) in [6.07, 6.45) is 8.14. The standard InChI is InChI=1S/C14H24N2O2/c17-14(18)7-10-16(11-4-5-11)13-6-9-15-8-2-1-3-12(13)15/h11-13H,1-10H2,(H,17,18). The van der Waals surface area contributed by atoms with Gasteiger partial charge in [0.2, 0.25) is 0 Å². The second kappa shape index (κ2) is 5.17. The van der Waals surface area contributed by atoms with Crippen LogP contribution in [-0.4, -0.2) is 58.6 Å². The first-order valence-electron chi connectivity index (χ1n) is 7.47. The fourth-order valence-electron chi connectivity index (χ4n) is 3.86. The normalized spacial score (nSPS) is 32.7. The number of nitrogens with zero attached hydrogens (tertiary/aromatic N) is 2. The van der Waals surface area contributed by atoms with Crippen LogP contribution in [0.5, 0.6) is 0 Å². The first-order valence-corrected chi connectivity index (χ1v) is 7.47. The van der Waals surface area contributed by atoms with Gasteiger partial charge in [0, 0.05) is 31.2 Å². The number of hydrogen-bond donors (Lipinski definition) is 1. The Bertz CT molecular complexity index is 317. The van der Waals surface area contributed by atoms with Crippen LogP contribution in [0.4, 0.5) is 0 Å². The van der Waals surface area contributed by atoms with Crippen molar-refractivity contribution in [2.45, 2.75) is 63.1 Å². The Kier molecular flexibility index (Phi) is 3.57. The van der Waals surface area contributed by atoms with Crippen LogP contribution < -0.4 is 0 Å². The molecule has 2 heterocycles.